The van der Waals surface area contributed by atoms with Crippen LogP contribution < -0.4 is 0 Å². The summed E-state index contributed by atoms with van der Waals surface area (Å²) in [5.41, 5.74) is 0.988. The van der Waals surface area contributed by atoms with Gasteiger partial charge < -0.3 is 0 Å². The molecular formula is C27H19F5. The maximum Gasteiger partial charge on any atom is 0.416 e. The lowest BCUT2D eigenvalue weighted by molar-refractivity contribution is -0.137. The molecular weight excluding hydrogens is 419 g/mol. The Morgan fingerprint density at radius 3 is 2.25 bits per heavy atom. The van der Waals surface area contributed by atoms with Gasteiger partial charge in [-0.2, -0.15) is 13.2 Å². The standard InChI is InChI=1S/C27H19F5/c1-2-3-5-17-8-14-21-19(16-17)11-15-23(26(21)29)22-6-4-7-24(28)25(22)18-9-12-20(13-10-18)27(30,31)32/h2,4,6-16H,1,3,5H2. The molecule has 32 heavy (non-hydrogen) atoms. The Hall–Kier alpha value is -3.47. The van der Waals surface area contributed by atoms with Crippen LogP contribution in [0.1, 0.15) is 17.5 Å². The number of halogens is 5. The molecule has 0 radical (unpaired) electrons. The van der Waals surface area contributed by atoms with E-state index in [0.717, 1.165) is 35.9 Å². The Bertz CT molecular complexity index is 1280. The highest BCUT2D eigenvalue weighted by Crippen LogP contribution is 2.39. The van der Waals surface area contributed by atoms with Gasteiger partial charge in [0.2, 0.25) is 0 Å². The van der Waals surface area contributed by atoms with Gasteiger partial charge in [0.25, 0.3) is 0 Å². The zero-order chi connectivity index (χ0) is 22.9. The summed E-state index contributed by atoms with van der Waals surface area (Å²) in [4.78, 5) is 0. The molecule has 0 fully saturated rings. The number of rotatable bonds is 5. The smallest absolute Gasteiger partial charge is 0.206 e. The lowest BCUT2D eigenvalue weighted by Crippen LogP contribution is -2.04. The number of hydrogen-bond acceptors (Lipinski definition) is 0. The van der Waals surface area contributed by atoms with Crippen molar-refractivity contribution in [1.29, 1.82) is 0 Å². The van der Waals surface area contributed by atoms with Crippen molar-refractivity contribution >= 4 is 10.8 Å². The van der Waals surface area contributed by atoms with Crippen molar-refractivity contribution in [2.75, 3.05) is 0 Å². The summed E-state index contributed by atoms with van der Waals surface area (Å²) >= 11 is 0. The summed E-state index contributed by atoms with van der Waals surface area (Å²) in [6.07, 6.45) is -1.07. The lowest BCUT2D eigenvalue weighted by atomic mass is 9.91. The number of fused-ring (bicyclic) bond motifs is 1. The average Bonchev–Trinajstić information content (AvgIpc) is 2.77. The van der Waals surface area contributed by atoms with Crippen molar-refractivity contribution in [3.05, 3.63) is 108 Å². The van der Waals surface area contributed by atoms with Crippen molar-refractivity contribution in [1.82, 2.24) is 0 Å². The van der Waals surface area contributed by atoms with E-state index in [9.17, 15) is 17.6 Å². The van der Waals surface area contributed by atoms with Crippen molar-refractivity contribution < 1.29 is 22.0 Å². The van der Waals surface area contributed by atoms with E-state index in [-0.39, 0.29) is 22.3 Å². The van der Waals surface area contributed by atoms with Crippen LogP contribution in [-0.2, 0) is 12.6 Å². The molecule has 0 aromatic heterocycles. The van der Waals surface area contributed by atoms with Gasteiger partial charge in [-0.25, -0.2) is 8.78 Å². The van der Waals surface area contributed by atoms with Gasteiger partial charge in [0, 0.05) is 16.5 Å². The van der Waals surface area contributed by atoms with Crippen LogP contribution in [0.15, 0.2) is 85.5 Å². The second kappa shape index (κ2) is 8.58. The molecule has 4 aromatic carbocycles. The topological polar surface area (TPSA) is 0 Å². The fourth-order valence-electron chi connectivity index (χ4n) is 3.84. The Labute approximate surface area is 182 Å². The highest BCUT2D eigenvalue weighted by Gasteiger charge is 2.30. The van der Waals surface area contributed by atoms with Gasteiger partial charge in [0.15, 0.2) is 0 Å². The van der Waals surface area contributed by atoms with Crippen LogP contribution in [-0.4, -0.2) is 0 Å². The Kier molecular flexibility index (Phi) is 5.83. The predicted molar refractivity (Wildman–Crippen MR) is 118 cm³/mol. The number of hydrogen-bond donors (Lipinski definition) is 0. The summed E-state index contributed by atoms with van der Waals surface area (Å²) in [5, 5.41) is 1.12. The lowest BCUT2D eigenvalue weighted by Gasteiger charge is -2.15. The van der Waals surface area contributed by atoms with E-state index >= 15 is 4.39 Å². The molecule has 0 unspecified atom stereocenters. The minimum absolute atomic E-state index is 0.0575. The molecule has 0 saturated heterocycles. The maximum atomic E-state index is 15.5. The highest BCUT2D eigenvalue weighted by atomic mass is 19.4. The van der Waals surface area contributed by atoms with E-state index in [1.54, 1.807) is 24.3 Å². The van der Waals surface area contributed by atoms with Gasteiger partial charge in [0.1, 0.15) is 11.6 Å². The van der Waals surface area contributed by atoms with Gasteiger partial charge in [-0.15, -0.1) is 6.58 Å². The maximum absolute atomic E-state index is 15.5. The normalized spacial score (nSPS) is 11.7. The monoisotopic (exact) mass is 438 g/mol. The first kappa shape index (κ1) is 21.8. The van der Waals surface area contributed by atoms with Crippen LogP contribution in [0.4, 0.5) is 22.0 Å². The summed E-state index contributed by atoms with van der Waals surface area (Å²) < 4.78 is 69.1. The third-order valence-corrected chi connectivity index (χ3v) is 5.46. The van der Waals surface area contributed by atoms with Crippen molar-refractivity contribution in [3.8, 4) is 22.3 Å². The van der Waals surface area contributed by atoms with Gasteiger partial charge in [-0.05, 0) is 53.1 Å². The molecule has 0 amide bonds. The summed E-state index contributed by atoms with van der Waals surface area (Å²) in [5.74, 6) is -1.14. The molecule has 0 heterocycles. The van der Waals surface area contributed by atoms with Crippen LogP contribution in [0, 0.1) is 11.6 Å². The van der Waals surface area contributed by atoms with Crippen LogP contribution in [0.5, 0.6) is 0 Å². The third-order valence-electron chi connectivity index (χ3n) is 5.46. The van der Waals surface area contributed by atoms with E-state index in [1.807, 2.05) is 18.2 Å². The molecule has 0 aliphatic carbocycles. The van der Waals surface area contributed by atoms with Gasteiger partial charge in [-0.3, -0.25) is 0 Å². The van der Waals surface area contributed by atoms with E-state index in [0.29, 0.717) is 5.39 Å². The van der Waals surface area contributed by atoms with Crippen LogP contribution in [0.25, 0.3) is 33.0 Å². The summed E-state index contributed by atoms with van der Waals surface area (Å²) in [6, 6.07) is 17.2. The number of alkyl halides is 3. The molecule has 0 spiro atoms. The van der Waals surface area contributed by atoms with Crippen LogP contribution in [0.2, 0.25) is 0 Å². The molecule has 0 saturated carbocycles. The molecule has 0 aliphatic rings. The molecule has 0 N–H and O–H groups in total. The van der Waals surface area contributed by atoms with Crippen LogP contribution >= 0.6 is 0 Å². The Morgan fingerprint density at radius 2 is 1.56 bits per heavy atom. The van der Waals surface area contributed by atoms with E-state index in [2.05, 4.69) is 6.58 Å². The Morgan fingerprint density at radius 1 is 0.812 bits per heavy atom. The molecule has 5 heteroatoms. The van der Waals surface area contributed by atoms with E-state index < -0.39 is 23.4 Å². The SMILES string of the molecule is C=CCCc1ccc2c(F)c(-c3cccc(F)c3-c3ccc(C(F)(F)F)cc3)ccc2c1. The fourth-order valence-corrected chi connectivity index (χ4v) is 3.84. The molecule has 0 bridgehead atoms. The second-order valence-electron chi connectivity index (χ2n) is 7.55. The highest BCUT2D eigenvalue weighted by molar-refractivity contribution is 5.92. The van der Waals surface area contributed by atoms with Gasteiger partial charge in [-0.1, -0.05) is 60.7 Å². The minimum Gasteiger partial charge on any atom is -0.206 e. The number of aryl methyl sites for hydroxylation is 1. The summed E-state index contributed by atoms with van der Waals surface area (Å²) in [6.45, 7) is 3.71. The largest absolute Gasteiger partial charge is 0.416 e. The minimum atomic E-state index is -4.49. The molecule has 0 nitrogen and oxygen atoms in total. The molecule has 162 valence electrons. The fraction of sp³-hybridized carbons (Fsp3) is 0.111. The zero-order valence-electron chi connectivity index (χ0n) is 17.0. The summed E-state index contributed by atoms with van der Waals surface area (Å²) in [7, 11) is 0. The van der Waals surface area contributed by atoms with E-state index in [4.69, 9.17) is 0 Å². The van der Waals surface area contributed by atoms with Crippen molar-refractivity contribution in [2.24, 2.45) is 0 Å². The van der Waals surface area contributed by atoms with Crippen molar-refractivity contribution in [3.63, 3.8) is 0 Å². The van der Waals surface area contributed by atoms with Crippen LogP contribution in [0.3, 0.4) is 0 Å². The van der Waals surface area contributed by atoms with E-state index in [1.165, 1.54) is 24.3 Å². The third kappa shape index (κ3) is 4.15. The first-order valence-electron chi connectivity index (χ1n) is 10.1. The number of allylic oxidation sites excluding steroid dienone is 1. The first-order chi connectivity index (χ1) is 15.3. The molecule has 4 rings (SSSR count). The second-order valence-corrected chi connectivity index (χ2v) is 7.55. The van der Waals surface area contributed by atoms with Gasteiger partial charge in [0.05, 0.1) is 5.56 Å². The zero-order valence-corrected chi connectivity index (χ0v) is 17.0. The number of benzene rings is 4. The molecule has 0 aliphatic heterocycles. The molecule has 4 aromatic rings. The predicted octanol–water partition coefficient (Wildman–Crippen LogP) is 8.59. The molecule has 0 atom stereocenters. The van der Waals surface area contributed by atoms with Crippen molar-refractivity contribution in [2.45, 2.75) is 19.0 Å². The first-order valence-corrected chi connectivity index (χ1v) is 10.1. The Balaban J connectivity index is 1.83. The van der Waals surface area contributed by atoms with Gasteiger partial charge >= 0.3 is 6.18 Å². The quantitative estimate of drug-likeness (QED) is 0.216. The average molecular weight is 438 g/mol.